The van der Waals surface area contributed by atoms with E-state index in [9.17, 15) is 0 Å². The minimum Gasteiger partial charge on any atom is -0.394 e. The van der Waals surface area contributed by atoms with Gasteiger partial charge in [0.1, 0.15) is 0 Å². The Morgan fingerprint density at radius 2 is 2.00 bits per heavy atom. The van der Waals surface area contributed by atoms with Crippen molar-refractivity contribution in [2.45, 2.75) is 18.9 Å². The first-order valence-corrected chi connectivity index (χ1v) is 2.80. The van der Waals surface area contributed by atoms with Gasteiger partial charge >= 0.3 is 0 Å². The quantitative estimate of drug-likeness (QED) is 0.513. The van der Waals surface area contributed by atoms with Gasteiger partial charge in [-0.05, 0) is 19.4 Å². The largest absolute Gasteiger partial charge is 0.394 e. The normalized spacial score (nSPS) is 12.3. The van der Waals surface area contributed by atoms with E-state index in [-0.39, 0.29) is 19.0 Å². The Labute approximate surface area is 61.3 Å². The zero-order valence-electron chi connectivity index (χ0n) is 5.29. The smallest absolute Gasteiger partial charge is 0.0771 e. The Morgan fingerprint density at radius 3 is 2.33 bits per heavy atom. The van der Waals surface area contributed by atoms with Crippen LogP contribution in [0.25, 0.3) is 0 Å². The molecule has 1 atom stereocenters. The molecular weight excluding hydrogens is 142 g/mol. The summed E-state index contributed by atoms with van der Waals surface area (Å²) in [6.45, 7) is 0.428. The fourth-order valence-electron chi connectivity index (χ4n) is 0.445. The predicted molar refractivity (Wildman–Crippen MR) is 38.6 cm³/mol. The van der Waals surface area contributed by atoms with Gasteiger partial charge in [-0.3, -0.25) is 0 Å². The maximum Gasteiger partial charge on any atom is 0.0771 e. The third-order valence-corrected chi connectivity index (χ3v) is 0.952. The molecule has 0 bridgehead atoms. The van der Waals surface area contributed by atoms with Crippen molar-refractivity contribution in [3.63, 3.8) is 0 Å². The van der Waals surface area contributed by atoms with Crippen LogP contribution in [0, 0.1) is 0 Å². The van der Waals surface area contributed by atoms with E-state index in [2.05, 4.69) is 0 Å². The molecule has 0 aliphatic heterocycles. The van der Waals surface area contributed by atoms with Crippen molar-refractivity contribution in [2.24, 2.45) is 5.73 Å². The highest BCUT2D eigenvalue weighted by atomic mass is 35.5. The molecule has 0 saturated carbocycles. The van der Waals surface area contributed by atoms with Crippen LogP contribution in [0.1, 0.15) is 12.8 Å². The van der Waals surface area contributed by atoms with Gasteiger partial charge in [0.15, 0.2) is 0 Å². The molecule has 0 aliphatic carbocycles. The highest BCUT2D eigenvalue weighted by Gasteiger charge is 1.97. The molecule has 4 heteroatoms. The van der Waals surface area contributed by atoms with Gasteiger partial charge in [0.25, 0.3) is 0 Å². The molecule has 0 aromatic heterocycles. The lowest BCUT2D eigenvalue weighted by molar-refractivity contribution is 0.0871. The topological polar surface area (TPSA) is 66.5 Å². The van der Waals surface area contributed by atoms with Crippen LogP contribution in [0.5, 0.6) is 0 Å². The van der Waals surface area contributed by atoms with Crippen LogP contribution in [-0.2, 0) is 0 Å². The molecule has 0 aromatic carbocycles. The third kappa shape index (κ3) is 8.17. The first-order chi connectivity index (χ1) is 3.81. The highest BCUT2D eigenvalue weighted by Crippen LogP contribution is 1.92. The summed E-state index contributed by atoms with van der Waals surface area (Å²) in [6.07, 6.45) is 0.813. The van der Waals surface area contributed by atoms with Gasteiger partial charge in [-0.15, -0.1) is 12.4 Å². The maximum absolute atomic E-state index is 8.68. The molecule has 0 aliphatic rings. The summed E-state index contributed by atoms with van der Waals surface area (Å²) >= 11 is 0. The average Bonchev–Trinajstić information content (AvgIpc) is 1.83. The van der Waals surface area contributed by atoms with E-state index in [0.717, 1.165) is 6.42 Å². The zero-order valence-corrected chi connectivity index (χ0v) is 6.10. The van der Waals surface area contributed by atoms with Crippen LogP contribution in [0.15, 0.2) is 0 Å². The Kier molecular flexibility index (Phi) is 10.8. The fraction of sp³-hybridized carbons (Fsp3) is 1.00. The van der Waals surface area contributed by atoms with Crippen LogP contribution in [0.3, 0.4) is 0 Å². The van der Waals surface area contributed by atoms with Crippen molar-refractivity contribution in [1.29, 1.82) is 0 Å². The van der Waals surface area contributed by atoms with Crippen LogP contribution in [0.2, 0.25) is 0 Å². The molecule has 0 spiro atoms. The number of rotatable bonds is 4. The molecule has 9 heavy (non-hydrogen) atoms. The van der Waals surface area contributed by atoms with Crippen molar-refractivity contribution in [3.8, 4) is 0 Å². The molecule has 0 amide bonds. The summed E-state index contributed by atoms with van der Waals surface area (Å²) in [5.74, 6) is 0. The predicted octanol–water partition coefficient (Wildman–Crippen LogP) is -0.500. The maximum atomic E-state index is 8.68. The summed E-state index contributed by atoms with van der Waals surface area (Å²) in [7, 11) is 0. The fourth-order valence-corrected chi connectivity index (χ4v) is 0.445. The number of hydrogen-bond acceptors (Lipinski definition) is 3. The first-order valence-electron chi connectivity index (χ1n) is 2.80. The van der Waals surface area contributed by atoms with E-state index in [4.69, 9.17) is 15.9 Å². The molecule has 0 radical (unpaired) electrons. The summed E-state index contributed by atoms with van der Waals surface area (Å²) in [5.41, 5.74) is 5.14. The number of halogens is 1. The van der Waals surface area contributed by atoms with Crippen LogP contribution in [-0.4, -0.2) is 29.5 Å². The lowest BCUT2D eigenvalue weighted by Crippen LogP contribution is -2.13. The van der Waals surface area contributed by atoms with Crippen LogP contribution in [0.4, 0.5) is 0 Å². The third-order valence-electron chi connectivity index (χ3n) is 0.952. The molecule has 0 fully saturated rings. The number of nitrogens with two attached hydrogens (primary N) is 1. The summed E-state index contributed by atoms with van der Waals surface area (Å²) in [6, 6.07) is 0. The van der Waals surface area contributed by atoms with E-state index in [1.54, 1.807) is 0 Å². The van der Waals surface area contributed by atoms with E-state index < -0.39 is 6.10 Å². The number of aliphatic hydroxyl groups is 2. The first kappa shape index (κ1) is 11.9. The molecule has 0 heterocycles. The van der Waals surface area contributed by atoms with E-state index in [0.29, 0.717) is 13.0 Å². The Bertz CT molecular complexity index is 54.2. The molecule has 3 nitrogen and oxygen atoms in total. The molecule has 4 N–H and O–H groups in total. The van der Waals surface area contributed by atoms with E-state index >= 15 is 0 Å². The van der Waals surface area contributed by atoms with Crippen LogP contribution < -0.4 is 5.73 Å². The lowest BCUT2D eigenvalue weighted by atomic mass is 10.2. The standard InChI is InChI=1S/C5H13NO2.ClH/c6-3-1-2-5(8)4-7;/h5,7-8H,1-4,6H2;1H. The average molecular weight is 156 g/mol. The minimum absolute atomic E-state index is 0. The lowest BCUT2D eigenvalue weighted by Gasteiger charge is -2.02. The number of hydrogen-bond donors (Lipinski definition) is 3. The van der Waals surface area contributed by atoms with Gasteiger partial charge in [0.05, 0.1) is 12.7 Å². The number of aliphatic hydroxyl groups excluding tert-OH is 2. The molecule has 0 saturated heterocycles. The highest BCUT2D eigenvalue weighted by molar-refractivity contribution is 5.85. The SMILES string of the molecule is Cl.NCCCC(O)CO. The molecular formula is C5H14ClNO2. The van der Waals surface area contributed by atoms with Gasteiger partial charge in [0.2, 0.25) is 0 Å². The van der Waals surface area contributed by atoms with Gasteiger partial charge in [0, 0.05) is 0 Å². The van der Waals surface area contributed by atoms with Crippen molar-refractivity contribution < 1.29 is 10.2 Å². The Hall–Kier alpha value is 0.170. The Balaban J connectivity index is 0. The molecule has 1 unspecified atom stereocenters. The Morgan fingerprint density at radius 1 is 1.44 bits per heavy atom. The van der Waals surface area contributed by atoms with Gasteiger partial charge < -0.3 is 15.9 Å². The van der Waals surface area contributed by atoms with Crippen molar-refractivity contribution in [3.05, 3.63) is 0 Å². The van der Waals surface area contributed by atoms with Gasteiger partial charge in [-0.2, -0.15) is 0 Å². The second-order valence-electron chi connectivity index (χ2n) is 1.77. The van der Waals surface area contributed by atoms with Crippen molar-refractivity contribution in [2.75, 3.05) is 13.2 Å². The molecule has 0 rings (SSSR count). The van der Waals surface area contributed by atoms with Crippen LogP contribution >= 0.6 is 12.4 Å². The van der Waals surface area contributed by atoms with E-state index in [1.807, 2.05) is 0 Å². The van der Waals surface area contributed by atoms with E-state index in [1.165, 1.54) is 0 Å². The summed E-state index contributed by atoms with van der Waals surface area (Å²) in [4.78, 5) is 0. The molecule has 58 valence electrons. The molecule has 0 aromatic rings. The zero-order chi connectivity index (χ0) is 6.41. The van der Waals surface area contributed by atoms with Crippen molar-refractivity contribution in [1.82, 2.24) is 0 Å². The summed E-state index contributed by atoms with van der Waals surface area (Å²) < 4.78 is 0. The van der Waals surface area contributed by atoms with Gasteiger partial charge in [-0.25, -0.2) is 0 Å². The van der Waals surface area contributed by atoms with Gasteiger partial charge in [-0.1, -0.05) is 0 Å². The summed E-state index contributed by atoms with van der Waals surface area (Å²) in [5, 5.41) is 17.0. The van der Waals surface area contributed by atoms with Crippen molar-refractivity contribution >= 4 is 12.4 Å². The monoisotopic (exact) mass is 155 g/mol. The minimum atomic E-state index is -0.571. The second kappa shape index (κ2) is 8.17. The second-order valence-corrected chi connectivity index (χ2v) is 1.77.